The number of anilines is 1. The molecule has 2 atom stereocenters. The van der Waals surface area contributed by atoms with Crippen LogP contribution < -0.4 is 10.2 Å². The number of morpholine rings is 1. The van der Waals surface area contributed by atoms with E-state index in [1.807, 2.05) is 0 Å². The maximum absolute atomic E-state index is 12.2. The van der Waals surface area contributed by atoms with Crippen LogP contribution in [-0.2, 0) is 11.2 Å². The summed E-state index contributed by atoms with van der Waals surface area (Å²) < 4.78 is 5.83. The van der Waals surface area contributed by atoms with Gasteiger partial charge in [-0.15, -0.1) is 0 Å². The Hall–Kier alpha value is -1.69. The van der Waals surface area contributed by atoms with E-state index in [-0.39, 0.29) is 18.1 Å². The molecule has 1 saturated carbocycles. The molecule has 0 unspecified atom stereocenters. The second kappa shape index (κ2) is 5.19. The van der Waals surface area contributed by atoms with Gasteiger partial charge in [0.25, 0.3) is 5.91 Å². The molecule has 0 aromatic carbocycles. The predicted molar refractivity (Wildman–Crippen MR) is 82.3 cm³/mol. The van der Waals surface area contributed by atoms with Gasteiger partial charge in [-0.05, 0) is 33.1 Å². The van der Waals surface area contributed by atoms with Crippen LogP contribution in [0.15, 0.2) is 0 Å². The van der Waals surface area contributed by atoms with Crippen molar-refractivity contribution in [3.8, 4) is 0 Å². The molecule has 1 amide bonds. The fourth-order valence-corrected chi connectivity index (χ4v) is 3.43. The summed E-state index contributed by atoms with van der Waals surface area (Å²) in [5, 5.41) is 2.90. The summed E-state index contributed by atoms with van der Waals surface area (Å²) in [4.78, 5) is 23.9. The van der Waals surface area contributed by atoms with E-state index in [0.29, 0.717) is 18.2 Å². The number of hydrogen-bond donors (Lipinski definition) is 1. The number of hydrogen-bond acceptors (Lipinski definition) is 5. The van der Waals surface area contributed by atoms with Gasteiger partial charge < -0.3 is 15.0 Å². The van der Waals surface area contributed by atoms with Crippen LogP contribution in [0.4, 0.5) is 5.82 Å². The van der Waals surface area contributed by atoms with E-state index >= 15 is 0 Å². The summed E-state index contributed by atoms with van der Waals surface area (Å²) >= 11 is 0. The number of nitrogens with one attached hydrogen (secondary N) is 1. The first kappa shape index (κ1) is 13.9. The Labute approximate surface area is 130 Å². The molecular formula is C16H22N4O2. The molecule has 22 heavy (non-hydrogen) atoms. The molecule has 0 bridgehead atoms. The molecule has 6 heteroatoms. The van der Waals surface area contributed by atoms with Crippen molar-refractivity contribution in [2.75, 3.05) is 24.5 Å². The number of carbonyl (C=O) groups excluding carboxylic acids is 1. The lowest BCUT2D eigenvalue weighted by Gasteiger charge is -2.37. The van der Waals surface area contributed by atoms with E-state index in [4.69, 9.17) is 9.72 Å². The molecule has 3 aliphatic rings. The summed E-state index contributed by atoms with van der Waals surface area (Å²) in [5.74, 6) is 2.19. The van der Waals surface area contributed by atoms with Crippen molar-refractivity contribution in [2.24, 2.45) is 0 Å². The van der Waals surface area contributed by atoms with Crippen LogP contribution in [-0.4, -0.2) is 47.7 Å². The molecular weight excluding hydrogens is 280 g/mol. The number of rotatable bonds is 2. The molecule has 2 aliphatic heterocycles. The van der Waals surface area contributed by atoms with Gasteiger partial charge in [0, 0.05) is 31.1 Å². The van der Waals surface area contributed by atoms with Crippen molar-refractivity contribution in [3.05, 3.63) is 17.1 Å². The molecule has 3 heterocycles. The third-order valence-corrected chi connectivity index (χ3v) is 4.54. The van der Waals surface area contributed by atoms with Crippen LogP contribution in [0.25, 0.3) is 0 Å². The highest BCUT2D eigenvalue weighted by atomic mass is 16.5. The minimum Gasteiger partial charge on any atom is -0.372 e. The lowest BCUT2D eigenvalue weighted by Crippen LogP contribution is -2.47. The van der Waals surface area contributed by atoms with Crippen LogP contribution in [0.3, 0.4) is 0 Å². The maximum atomic E-state index is 12.2. The van der Waals surface area contributed by atoms with Gasteiger partial charge in [0.1, 0.15) is 17.3 Å². The number of carbonyl (C=O) groups is 1. The average Bonchev–Trinajstić information content (AvgIpc) is 3.30. The fourth-order valence-electron chi connectivity index (χ4n) is 3.43. The van der Waals surface area contributed by atoms with Crippen LogP contribution in [0.2, 0.25) is 0 Å². The Morgan fingerprint density at radius 1 is 1.18 bits per heavy atom. The zero-order valence-electron chi connectivity index (χ0n) is 13.1. The minimum atomic E-state index is -0.0545. The van der Waals surface area contributed by atoms with Gasteiger partial charge in [0.15, 0.2) is 0 Å². The molecule has 1 aromatic rings. The number of fused-ring (bicyclic) bond motifs is 1. The highest BCUT2D eigenvalue weighted by molar-refractivity contribution is 5.96. The highest BCUT2D eigenvalue weighted by Crippen LogP contribution is 2.40. The first-order chi connectivity index (χ1) is 10.6. The lowest BCUT2D eigenvalue weighted by atomic mass is 10.0. The van der Waals surface area contributed by atoms with E-state index in [0.717, 1.165) is 49.6 Å². The van der Waals surface area contributed by atoms with Gasteiger partial charge in [0.05, 0.1) is 12.2 Å². The standard InChI is InChI=1S/C16H22N4O2/c1-9-7-20(8-10(2)22-9)15-12-5-6-17-16(21)13(12)18-14(19-15)11-3-4-11/h9-11H,3-8H2,1-2H3,(H,17,21)/t9-,10+. The fraction of sp³-hybridized carbons (Fsp3) is 0.688. The predicted octanol–water partition coefficient (Wildman–Crippen LogP) is 1.25. The summed E-state index contributed by atoms with van der Waals surface area (Å²) in [6.45, 7) is 6.48. The Balaban J connectivity index is 1.78. The quantitative estimate of drug-likeness (QED) is 0.890. The zero-order chi connectivity index (χ0) is 15.3. The van der Waals surface area contributed by atoms with Crippen LogP contribution in [0, 0.1) is 0 Å². The molecule has 1 aromatic heterocycles. The third-order valence-electron chi connectivity index (χ3n) is 4.54. The van der Waals surface area contributed by atoms with Crippen molar-refractivity contribution in [3.63, 3.8) is 0 Å². The van der Waals surface area contributed by atoms with E-state index in [2.05, 4.69) is 29.0 Å². The molecule has 2 fully saturated rings. The minimum absolute atomic E-state index is 0.0545. The molecule has 6 nitrogen and oxygen atoms in total. The third kappa shape index (κ3) is 2.45. The first-order valence-corrected chi connectivity index (χ1v) is 8.21. The first-order valence-electron chi connectivity index (χ1n) is 8.21. The van der Waals surface area contributed by atoms with E-state index in [9.17, 15) is 4.79 Å². The van der Waals surface area contributed by atoms with Gasteiger partial charge >= 0.3 is 0 Å². The molecule has 4 rings (SSSR count). The smallest absolute Gasteiger partial charge is 0.270 e. The zero-order valence-corrected chi connectivity index (χ0v) is 13.1. The summed E-state index contributed by atoms with van der Waals surface area (Å²) in [7, 11) is 0. The Kier molecular flexibility index (Phi) is 3.29. The van der Waals surface area contributed by atoms with Gasteiger partial charge in [0.2, 0.25) is 0 Å². The molecule has 1 saturated heterocycles. The van der Waals surface area contributed by atoms with Crippen LogP contribution in [0.5, 0.6) is 0 Å². The molecule has 1 N–H and O–H groups in total. The lowest BCUT2D eigenvalue weighted by molar-refractivity contribution is -0.00553. The van der Waals surface area contributed by atoms with Crippen molar-refractivity contribution in [1.82, 2.24) is 15.3 Å². The van der Waals surface area contributed by atoms with E-state index in [1.165, 1.54) is 0 Å². The van der Waals surface area contributed by atoms with Crippen LogP contribution >= 0.6 is 0 Å². The highest BCUT2D eigenvalue weighted by Gasteiger charge is 2.34. The van der Waals surface area contributed by atoms with Gasteiger partial charge in [-0.25, -0.2) is 9.97 Å². The molecule has 1 aliphatic carbocycles. The van der Waals surface area contributed by atoms with Crippen molar-refractivity contribution >= 4 is 11.7 Å². The summed E-state index contributed by atoms with van der Waals surface area (Å²) in [6, 6.07) is 0. The largest absolute Gasteiger partial charge is 0.372 e. The Morgan fingerprint density at radius 3 is 2.59 bits per heavy atom. The number of nitrogens with zero attached hydrogens (tertiary/aromatic N) is 3. The topological polar surface area (TPSA) is 67.4 Å². The van der Waals surface area contributed by atoms with Crippen molar-refractivity contribution in [1.29, 1.82) is 0 Å². The summed E-state index contributed by atoms with van der Waals surface area (Å²) in [6.07, 6.45) is 3.43. The number of amides is 1. The van der Waals surface area contributed by atoms with Gasteiger partial charge in [-0.1, -0.05) is 0 Å². The SMILES string of the molecule is C[C@@H]1CN(c2nc(C3CC3)nc3c2CCNC3=O)C[C@H](C)O1. The van der Waals surface area contributed by atoms with Crippen molar-refractivity contribution < 1.29 is 9.53 Å². The van der Waals surface area contributed by atoms with Gasteiger partial charge in [-0.2, -0.15) is 0 Å². The number of ether oxygens (including phenoxy) is 1. The molecule has 0 radical (unpaired) electrons. The summed E-state index contributed by atoms with van der Waals surface area (Å²) in [5.41, 5.74) is 1.60. The normalized spacial score (nSPS) is 28.3. The van der Waals surface area contributed by atoms with Crippen molar-refractivity contribution in [2.45, 2.75) is 51.2 Å². The second-order valence-corrected chi connectivity index (χ2v) is 6.68. The second-order valence-electron chi connectivity index (χ2n) is 6.68. The average molecular weight is 302 g/mol. The van der Waals surface area contributed by atoms with E-state index < -0.39 is 0 Å². The van der Waals surface area contributed by atoms with Gasteiger partial charge in [-0.3, -0.25) is 4.79 Å². The Bertz CT molecular complexity index is 604. The molecule has 0 spiro atoms. The molecule has 118 valence electrons. The number of aromatic nitrogens is 2. The monoisotopic (exact) mass is 302 g/mol. The van der Waals surface area contributed by atoms with E-state index in [1.54, 1.807) is 0 Å². The maximum Gasteiger partial charge on any atom is 0.270 e. The van der Waals surface area contributed by atoms with Crippen LogP contribution in [0.1, 0.15) is 54.5 Å². The Morgan fingerprint density at radius 2 is 1.91 bits per heavy atom.